The topological polar surface area (TPSA) is 67.4 Å². The van der Waals surface area contributed by atoms with Gasteiger partial charge in [0.25, 0.3) is 5.91 Å². The van der Waals surface area contributed by atoms with Crippen LogP contribution in [0.15, 0.2) is 24.4 Å². The average molecular weight is 346 g/mol. The maximum absolute atomic E-state index is 12.6. The number of morpholine rings is 1. The zero-order valence-corrected chi connectivity index (χ0v) is 14.8. The number of ether oxygens (including phenoxy) is 1. The number of nitrogens with one attached hydrogen (secondary N) is 1. The Labute approximate surface area is 145 Å². The van der Waals surface area contributed by atoms with Gasteiger partial charge in [-0.2, -0.15) is 0 Å². The zero-order valence-electron chi connectivity index (χ0n) is 14.0. The van der Waals surface area contributed by atoms with Gasteiger partial charge in [-0.1, -0.05) is 6.07 Å². The van der Waals surface area contributed by atoms with Gasteiger partial charge in [-0.25, -0.2) is 4.98 Å². The summed E-state index contributed by atoms with van der Waals surface area (Å²) in [4.78, 5) is 24.3. The second kappa shape index (κ2) is 7.83. The minimum atomic E-state index is -0.0621. The van der Waals surface area contributed by atoms with Crippen LogP contribution in [0.5, 0.6) is 0 Å². The number of thiazole rings is 1. The Kier molecular flexibility index (Phi) is 5.55. The van der Waals surface area contributed by atoms with Gasteiger partial charge >= 0.3 is 0 Å². The Hall–Kier alpha value is -1.83. The monoisotopic (exact) mass is 346 g/mol. The van der Waals surface area contributed by atoms with Crippen LogP contribution in [0.3, 0.4) is 0 Å². The van der Waals surface area contributed by atoms with Crippen LogP contribution in [-0.2, 0) is 4.74 Å². The quantitative estimate of drug-likeness (QED) is 0.896. The molecule has 0 spiro atoms. The van der Waals surface area contributed by atoms with Gasteiger partial charge in [0.1, 0.15) is 9.88 Å². The molecule has 0 bridgehead atoms. The fourth-order valence-electron chi connectivity index (χ4n) is 2.71. The lowest BCUT2D eigenvalue weighted by Gasteiger charge is -2.29. The molecule has 2 aromatic heterocycles. The number of hydrogen-bond acceptors (Lipinski definition) is 6. The molecule has 0 aliphatic carbocycles. The Morgan fingerprint density at radius 3 is 2.92 bits per heavy atom. The highest BCUT2D eigenvalue weighted by Gasteiger charge is 2.20. The van der Waals surface area contributed by atoms with Crippen LogP contribution in [0.4, 0.5) is 0 Å². The smallest absolute Gasteiger partial charge is 0.263 e. The normalized spacial score (nSPS) is 16.8. The Bertz CT molecular complexity index is 683. The number of carbonyl (C=O) groups excluding carboxylic acids is 1. The summed E-state index contributed by atoms with van der Waals surface area (Å²) in [6, 6.07) is 5.77. The standard InChI is InChI=1S/C17H22N4O2S/c1-12(11-21-7-9-23-10-8-21)19-16(22)15-13(2)20-17(24-15)14-5-3-4-6-18-14/h3-6,12H,7-11H2,1-2H3,(H,19,22). The Balaban J connectivity index is 1.63. The Morgan fingerprint density at radius 1 is 1.42 bits per heavy atom. The summed E-state index contributed by atoms with van der Waals surface area (Å²) in [6.07, 6.45) is 1.73. The molecule has 24 heavy (non-hydrogen) atoms. The number of rotatable bonds is 5. The molecule has 1 fully saturated rings. The molecule has 0 aromatic carbocycles. The minimum absolute atomic E-state index is 0.0621. The molecule has 2 aromatic rings. The van der Waals surface area contributed by atoms with Crippen molar-refractivity contribution in [3.8, 4) is 10.7 Å². The zero-order chi connectivity index (χ0) is 16.9. The number of pyridine rings is 1. The van der Waals surface area contributed by atoms with E-state index in [2.05, 4.69) is 20.2 Å². The third kappa shape index (κ3) is 4.17. The summed E-state index contributed by atoms with van der Waals surface area (Å²) in [5, 5.41) is 3.85. The fourth-order valence-corrected chi connectivity index (χ4v) is 3.66. The SMILES string of the molecule is Cc1nc(-c2ccccn2)sc1C(=O)NC(C)CN1CCOCC1. The first-order valence-corrected chi connectivity index (χ1v) is 8.95. The molecule has 1 amide bonds. The van der Waals surface area contributed by atoms with E-state index in [0.29, 0.717) is 4.88 Å². The molecular formula is C17H22N4O2S. The van der Waals surface area contributed by atoms with E-state index in [0.717, 1.165) is 49.2 Å². The van der Waals surface area contributed by atoms with Crippen LogP contribution in [0, 0.1) is 6.92 Å². The van der Waals surface area contributed by atoms with E-state index >= 15 is 0 Å². The fraction of sp³-hybridized carbons (Fsp3) is 0.471. The molecule has 128 valence electrons. The largest absolute Gasteiger partial charge is 0.379 e. The predicted molar refractivity (Wildman–Crippen MR) is 94.3 cm³/mol. The molecule has 0 saturated carbocycles. The van der Waals surface area contributed by atoms with Gasteiger partial charge in [0.15, 0.2) is 0 Å². The minimum Gasteiger partial charge on any atom is -0.379 e. The lowest BCUT2D eigenvalue weighted by atomic mass is 10.2. The second-order valence-electron chi connectivity index (χ2n) is 5.94. The van der Waals surface area contributed by atoms with Gasteiger partial charge in [0.05, 0.1) is 24.6 Å². The average Bonchev–Trinajstić information content (AvgIpc) is 2.98. The first-order valence-electron chi connectivity index (χ1n) is 8.13. The summed E-state index contributed by atoms with van der Waals surface area (Å²) in [5.74, 6) is -0.0621. The highest BCUT2D eigenvalue weighted by molar-refractivity contribution is 7.17. The molecule has 3 heterocycles. The number of amides is 1. The first kappa shape index (κ1) is 17.0. The molecule has 6 nitrogen and oxygen atoms in total. The third-order valence-electron chi connectivity index (χ3n) is 3.90. The van der Waals surface area contributed by atoms with Crippen molar-refractivity contribution in [3.63, 3.8) is 0 Å². The lowest BCUT2D eigenvalue weighted by molar-refractivity contribution is 0.0342. The van der Waals surface area contributed by atoms with Crippen molar-refractivity contribution in [2.75, 3.05) is 32.8 Å². The van der Waals surface area contributed by atoms with Crippen molar-refractivity contribution in [1.29, 1.82) is 0 Å². The van der Waals surface area contributed by atoms with Gasteiger partial charge < -0.3 is 10.1 Å². The van der Waals surface area contributed by atoms with Crippen molar-refractivity contribution in [2.24, 2.45) is 0 Å². The summed E-state index contributed by atoms with van der Waals surface area (Å²) < 4.78 is 5.35. The lowest BCUT2D eigenvalue weighted by Crippen LogP contribution is -2.46. The summed E-state index contributed by atoms with van der Waals surface area (Å²) in [6.45, 7) is 8.10. The number of nitrogens with zero attached hydrogens (tertiary/aromatic N) is 3. The highest BCUT2D eigenvalue weighted by Crippen LogP contribution is 2.26. The molecule has 7 heteroatoms. The Morgan fingerprint density at radius 2 is 2.21 bits per heavy atom. The van der Waals surface area contributed by atoms with Crippen molar-refractivity contribution in [1.82, 2.24) is 20.2 Å². The first-order chi connectivity index (χ1) is 11.6. The van der Waals surface area contributed by atoms with Gasteiger partial charge in [-0.15, -0.1) is 11.3 Å². The number of carbonyl (C=O) groups is 1. The van der Waals surface area contributed by atoms with E-state index in [-0.39, 0.29) is 11.9 Å². The van der Waals surface area contributed by atoms with Crippen LogP contribution in [-0.4, -0.2) is 59.7 Å². The molecule has 1 aliphatic rings. The second-order valence-corrected chi connectivity index (χ2v) is 6.94. The van der Waals surface area contributed by atoms with E-state index < -0.39 is 0 Å². The van der Waals surface area contributed by atoms with Gasteiger partial charge in [-0.3, -0.25) is 14.7 Å². The summed E-state index contributed by atoms with van der Waals surface area (Å²) in [7, 11) is 0. The van der Waals surface area contributed by atoms with Crippen LogP contribution < -0.4 is 5.32 Å². The number of aryl methyl sites for hydroxylation is 1. The number of aromatic nitrogens is 2. The van der Waals surface area contributed by atoms with Crippen molar-refractivity contribution >= 4 is 17.2 Å². The highest BCUT2D eigenvalue weighted by atomic mass is 32.1. The maximum atomic E-state index is 12.6. The maximum Gasteiger partial charge on any atom is 0.263 e. The molecule has 1 N–H and O–H groups in total. The van der Waals surface area contributed by atoms with Gasteiger partial charge in [-0.05, 0) is 26.0 Å². The predicted octanol–water partition coefficient (Wildman–Crippen LogP) is 1.96. The van der Waals surface area contributed by atoms with E-state index in [1.54, 1.807) is 6.20 Å². The van der Waals surface area contributed by atoms with Crippen molar-refractivity contribution in [3.05, 3.63) is 35.0 Å². The molecule has 1 saturated heterocycles. The van der Waals surface area contributed by atoms with Crippen LogP contribution >= 0.6 is 11.3 Å². The number of hydrogen-bond donors (Lipinski definition) is 1. The summed E-state index contributed by atoms with van der Waals surface area (Å²) >= 11 is 1.39. The van der Waals surface area contributed by atoms with E-state index in [1.165, 1.54) is 11.3 Å². The molecule has 1 unspecified atom stereocenters. The van der Waals surface area contributed by atoms with E-state index in [9.17, 15) is 4.79 Å². The van der Waals surface area contributed by atoms with E-state index in [4.69, 9.17) is 4.74 Å². The molecule has 1 aliphatic heterocycles. The molecule has 0 radical (unpaired) electrons. The molecule has 3 rings (SSSR count). The molecule has 1 atom stereocenters. The van der Waals surface area contributed by atoms with Gasteiger partial charge in [0.2, 0.25) is 0 Å². The van der Waals surface area contributed by atoms with E-state index in [1.807, 2.05) is 32.0 Å². The van der Waals surface area contributed by atoms with Gasteiger partial charge in [0, 0.05) is 31.9 Å². The third-order valence-corrected chi connectivity index (χ3v) is 5.08. The van der Waals surface area contributed by atoms with Crippen molar-refractivity contribution < 1.29 is 9.53 Å². The van der Waals surface area contributed by atoms with Crippen molar-refractivity contribution in [2.45, 2.75) is 19.9 Å². The van der Waals surface area contributed by atoms with Crippen LogP contribution in [0.25, 0.3) is 10.7 Å². The summed E-state index contributed by atoms with van der Waals surface area (Å²) in [5.41, 5.74) is 1.54. The van der Waals surface area contributed by atoms with Crippen LogP contribution in [0.1, 0.15) is 22.3 Å². The molecular weight excluding hydrogens is 324 g/mol. The van der Waals surface area contributed by atoms with Crippen LogP contribution in [0.2, 0.25) is 0 Å².